The van der Waals surface area contributed by atoms with Gasteiger partial charge in [0, 0.05) is 13.1 Å². The van der Waals surface area contributed by atoms with Gasteiger partial charge in [-0.1, -0.05) is 6.07 Å². The van der Waals surface area contributed by atoms with Gasteiger partial charge in [0.25, 0.3) is 10.0 Å². The van der Waals surface area contributed by atoms with Crippen LogP contribution < -0.4 is 0 Å². The van der Waals surface area contributed by atoms with Crippen LogP contribution >= 0.6 is 11.3 Å². The molecule has 0 aromatic carbocycles. The highest BCUT2D eigenvalue weighted by atomic mass is 32.2. The lowest BCUT2D eigenvalue weighted by Gasteiger charge is -2.30. The van der Waals surface area contributed by atoms with Crippen LogP contribution in [0.4, 0.5) is 4.39 Å². The molecule has 1 fully saturated rings. The number of thiophene rings is 1. The van der Waals surface area contributed by atoms with Gasteiger partial charge in [0.15, 0.2) is 0 Å². The number of amides is 1. The standard InChI is InChI=1S/C14H17FN2O3S2/c15-11-4-1-7-16(10-11)14(18)12-5-2-8-17(12)22(19,20)13-6-3-9-21-13/h3-4,6,9,12H,1-2,5,7-8,10H2. The van der Waals surface area contributed by atoms with Crippen LogP contribution in [0.3, 0.4) is 0 Å². The van der Waals surface area contributed by atoms with Crippen molar-refractivity contribution in [1.82, 2.24) is 9.21 Å². The first-order chi connectivity index (χ1) is 10.5. The first-order valence-electron chi connectivity index (χ1n) is 7.19. The fourth-order valence-electron chi connectivity index (χ4n) is 2.90. The van der Waals surface area contributed by atoms with Gasteiger partial charge in [0.05, 0.1) is 6.54 Å². The highest BCUT2D eigenvalue weighted by Gasteiger charge is 2.41. The molecule has 2 aliphatic rings. The number of hydrogen-bond acceptors (Lipinski definition) is 4. The van der Waals surface area contributed by atoms with Crippen molar-refractivity contribution >= 4 is 27.3 Å². The second-order valence-electron chi connectivity index (χ2n) is 5.41. The van der Waals surface area contributed by atoms with E-state index in [9.17, 15) is 17.6 Å². The first kappa shape index (κ1) is 15.6. The zero-order valence-electron chi connectivity index (χ0n) is 11.9. The van der Waals surface area contributed by atoms with Crippen LogP contribution in [0.25, 0.3) is 0 Å². The molecule has 1 atom stereocenters. The molecule has 5 nitrogen and oxygen atoms in total. The van der Waals surface area contributed by atoms with E-state index < -0.39 is 16.1 Å². The molecule has 1 aromatic heterocycles. The molecule has 1 saturated heterocycles. The van der Waals surface area contributed by atoms with Crippen LogP contribution in [0, 0.1) is 0 Å². The van der Waals surface area contributed by atoms with Crippen LogP contribution in [-0.4, -0.2) is 49.2 Å². The van der Waals surface area contributed by atoms with Crippen molar-refractivity contribution in [3.63, 3.8) is 0 Å². The maximum Gasteiger partial charge on any atom is 0.253 e. The molecule has 0 aliphatic carbocycles. The quantitative estimate of drug-likeness (QED) is 0.842. The third kappa shape index (κ3) is 2.82. The van der Waals surface area contributed by atoms with E-state index in [-0.39, 0.29) is 22.5 Å². The second-order valence-corrected chi connectivity index (χ2v) is 8.47. The van der Waals surface area contributed by atoms with E-state index in [2.05, 4.69) is 0 Å². The second kappa shape index (κ2) is 6.10. The summed E-state index contributed by atoms with van der Waals surface area (Å²) in [6.07, 6.45) is 3.08. The molecule has 3 rings (SSSR count). The summed E-state index contributed by atoms with van der Waals surface area (Å²) in [5.74, 6) is -0.619. The minimum absolute atomic E-state index is 0.0534. The van der Waals surface area contributed by atoms with E-state index in [4.69, 9.17) is 0 Å². The van der Waals surface area contributed by atoms with Crippen molar-refractivity contribution in [3.8, 4) is 0 Å². The van der Waals surface area contributed by atoms with E-state index in [1.807, 2.05) is 0 Å². The predicted octanol–water partition coefficient (Wildman–Crippen LogP) is 1.99. The fraction of sp³-hybridized carbons (Fsp3) is 0.500. The Hall–Kier alpha value is -1.25. The Morgan fingerprint density at radius 1 is 1.36 bits per heavy atom. The molecule has 120 valence electrons. The van der Waals surface area contributed by atoms with E-state index in [1.165, 1.54) is 15.3 Å². The largest absolute Gasteiger partial charge is 0.334 e. The maximum absolute atomic E-state index is 13.4. The van der Waals surface area contributed by atoms with E-state index in [1.54, 1.807) is 17.5 Å². The van der Waals surface area contributed by atoms with Crippen molar-refractivity contribution in [3.05, 3.63) is 29.4 Å². The predicted molar refractivity (Wildman–Crippen MR) is 81.6 cm³/mol. The van der Waals surface area contributed by atoms with Gasteiger partial charge in [-0.25, -0.2) is 12.8 Å². The van der Waals surface area contributed by atoms with Crippen molar-refractivity contribution in [2.45, 2.75) is 29.5 Å². The summed E-state index contributed by atoms with van der Waals surface area (Å²) in [5.41, 5.74) is 0. The SMILES string of the molecule is O=C(C1CCCN1S(=O)(=O)c1cccs1)N1CCC=C(F)C1. The summed E-state index contributed by atoms with van der Waals surface area (Å²) in [5, 5.41) is 1.70. The summed E-state index contributed by atoms with van der Waals surface area (Å²) in [4.78, 5) is 14.0. The molecular weight excluding hydrogens is 327 g/mol. The lowest BCUT2D eigenvalue weighted by molar-refractivity contribution is -0.134. The lowest BCUT2D eigenvalue weighted by atomic mass is 10.1. The Labute approximate surface area is 133 Å². The number of sulfonamides is 1. The smallest absolute Gasteiger partial charge is 0.253 e. The lowest BCUT2D eigenvalue weighted by Crippen LogP contribution is -2.48. The van der Waals surface area contributed by atoms with Gasteiger partial charge < -0.3 is 4.90 Å². The van der Waals surface area contributed by atoms with E-state index in [0.29, 0.717) is 32.4 Å². The molecule has 2 aliphatic heterocycles. The average Bonchev–Trinajstić information content (AvgIpc) is 3.18. The highest BCUT2D eigenvalue weighted by molar-refractivity contribution is 7.91. The van der Waals surface area contributed by atoms with Crippen LogP contribution in [0.2, 0.25) is 0 Å². The van der Waals surface area contributed by atoms with E-state index >= 15 is 0 Å². The molecule has 3 heterocycles. The molecule has 8 heteroatoms. The summed E-state index contributed by atoms with van der Waals surface area (Å²) in [6, 6.07) is 2.51. The van der Waals surface area contributed by atoms with Crippen LogP contribution in [0.5, 0.6) is 0 Å². The fourth-order valence-corrected chi connectivity index (χ4v) is 5.67. The molecule has 1 aromatic rings. The minimum Gasteiger partial charge on any atom is -0.334 e. The summed E-state index contributed by atoms with van der Waals surface area (Å²) < 4.78 is 40.2. The van der Waals surface area contributed by atoms with Gasteiger partial charge in [-0.05, 0) is 36.8 Å². The normalized spacial score (nSPS) is 23.6. The van der Waals surface area contributed by atoms with Crippen molar-refractivity contribution in [2.24, 2.45) is 0 Å². The number of nitrogens with zero attached hydrogens (tertiary/aromatic N) is 2. The number of halogens is 1. The minimum atomic E-state index is -3.65. The molecule has 1 amide bonds. The Balaban J connectivity index is 1.82. The van der Waals surface area contributed by atoms with Crippen LogP contribution in [0.15, 0.2) is 33.6 Å². The first-order valence-corrected chi connectivity index (χ1v) is 9.51. The summed E-state index contributed by atoms with van der Waals surface area (Å²) in [7, 11) is -3.65. The van der Waals surface area contributed by atoms with Crippen molar-refractivity contribution in [1.29, 1.82) is 0 Å². The molecule has 22 heavy (non-hydrogen) atoms. The number of hydrogen-bond donors (Lipinski definition) is 0. The van der Waals surface area contributed by atoms with Gasteiger partial charge in [0.1, 0.15) is 16.1 Å². The molecule has 0 spiro atoms. The molecular formula is C14H17FN2O3S2. The van der Waals surface area contributed by atoms with Gasteiger partial charge >= 0.3 is 0 Å². The Morgan fingerprint density at radius 2 is 2.18 bits per heavy atom. The molecule has 0 saturated carbocycles. The van der Waals surface area contributed by atoms with E-state index in [0.717, 1.165) is 11.3 Å². The Bertz CT molecular complexity index is 685. The highest BCUT2D eigenvalue weighted by Crippen LogP contribution is 2.30. The monoisotopic (exact) mass is 344 g/mol. The van der Waals surface area contributed by atoms with Gasteiger partial charge in [-0.2, -0.15) is 4.31 Å². The third-order valence-electron chi connectivity index (χ3n) is 3.97. The molecule has 0 N–H and O–H groups in total. The van der Waals surface area contributed by atoms with Gasteiger partial charge in [0.2, 0.25) is 5.91 Å². The molecule has 1 unspecified atom stereocenters. The zero-order valence-corrected chi connectivity index (χ0v) is 13.6. The Kier molecular flexibility index (Phi) is 4.33. The maximum atomic E-state index is 13.4. The van der Waals surface area contributed by atoms with Gasteiger partial charge in [-0.3, -0.25) is 4.79 Å². The zero-order chi connectivity index (χ0) is 15.7. The average molecular weight is 344 g/mol. The molecule has 0 radical (unpaired) electrons. The number of carbonyl (C=O) groups excluding carboxylic acids is 1. The van der Waals surface area contributed by atoms with Gasteiger partial charge in [-0.15, -0.1) is 11.3 Å². The molecule has 0 bridgehead atoms. The summed E-state index contributed by atoms with van der Waals surface area (Å²) >= 11 is 1.14. The van der Waals surface area contributed by atoms with Crippen molar-refractivity contribution < 1.29 is 17.6 Å². The topological polar surface area (TPSA) is 57.7 Å². The summed E-state index contributed by atoms with van der Waals surface area (Å²) in [6.45, 7) is 0.723. The number of rotatable bonds is 3. The third-order valence-corrected chi connectivity index (χ3v) is 7.25. The van der Waals surface area contributed by atoms with Crippen LogP contribution in [0.1, 0.15) is 19.3 Å². The Morgan fingerprint density at radius 3 is 2.86 bits per heavy atom. The van der Waals surface area contributed by atoms with Crippen LogP contribution in [-0.2, 0) is 14.8 Å². The van der Waals surface area contributed by atoms with Crippen molar-refractivity contribution in [2.75, 3.05) is 19.6 Å². The number of carbonyl (C=O) groups is 1.